The minimum Gasteiger partial charge on any atom is -0.329 e. The van der Waals surface area contributed by atoms with E-state index in [-0.39, 0.29) is 12.6 Å². The number of aryl methyl sites for hydroxylation is 3. The van der Waals surface area contributed by atoms with Crippen molar-refractivity contribution in [1.82, 2.24) is 5.32 Å². The number of hydrogen-bond acceptors (Lipinski definition) is 2. The zero-order chi connectivity index (χ0) is 13.0. The molecule has 2 nitrogen and oxygen atoms in total. The molecule has 0 saturated carbocycles. The Morgan fingerprint density at radius 1 is 1.18 bits per heavy atom. The molecule has 0 amide bonds. The van der Waals surface area contributed by atoms with Crippen LogP contribution < -0.4 is 11.1 Å². The average molecular weight is 242 g/mol. The number of nitrogens with one attached hydrogen (secondary N) is 1. The van der Waals surface area contributed by atoms with Crippen LogP contribution in [0, 0.1) is 20.8 Å². The number of halogens is 2. The first-order valence-corrected chi connectivity index (χ1v) is 5.75. The first-order chi connectivity index (χ1) is 7.95. The SMILES string of the molecule is Cc1cc(C)c(C(CN)NCC(F)F)c(C)c1. The van der Waals surface area contributed by atoms with E-state index < -0.39 is 6.43 Å². The predicted octanol–water partition coefficient (Wildman–Crippen LogP) is 2.47. The number of benzene rings is 1. The molecule has 0 aliphatic rings. The molecular formula is C13H20F2N2. The van der Waals surface area contributed by atoms with Gasteiger partial charge >= 0.3 is 0 Å². The highest BCUT2D eigenvalue weighted by molar-refractivity contribution is 5.39. The summed E-state index contributed by atoms with van der Waals surface area (Å²) in [6.45, 7) is 5.99. The predicted molar refractivity (Wildman–Crippen MR) is 66.5 cm³/mol. The summed E-state index contributed by atoms with van der Waals surface area (Å²) >= 11 is 0. The second-order valence-electron chi connectivity index (χ2n) is 4.40. The molecule has 0 aliphatic carbocycles. The summed E-state index contributed by atoms with van der Waals surface area (Å²) in [4.78, 5) is 0. The number of rotatable bonds is 5. The van der Waals surface area contributed by atoms with Gasteiger partial charge in [-0.2, -0.15) is 0 Å². The van der Waals surface area contributed by atoms with Gasteiger partial charge in [-0.25, -0.2) is 8.78 Å². The van der Waals surface area contributed by atoms with E-state index >= 15 is 0 Å². The fourth-order valence-corrected chi connectivity index (χ4v) is 2.28. The van der Waals surface area contributed by atoms with Crippen LogP contribution in [0.15, 0.2) is 12.1 Å². The van der Waals surface area contributed by atoms with Gasteiger partial charge in [0.05, 0.1) is 6.54 Å². The maximum Gasteiger partial charge on any atom is 0.250 e. The molecule has 17 heavy (non-hydrogen) atoms. The van der Waals surface area contributed by atoms with Crippen LogP contribution in [0.3, 0.4) is 0 Å². The van der Waals surface area contributed by atoms with E-state index in [0.29, 0.717) is 6.54 Å². The third kappa shape index (κ3) is 3.75. The highest BCUT2D eigenvalue weighted by atomic mass is 19.3. The van der Waals surface area contributed by atoms with Gasteiger partial charge < -0.3 is 11.1 Å². The van der Waals surface area contributed by atoms with Crippen molar-refractivity contribution in [3.05, 3.63) is 34.4 Å². The molecule has 4 heteroatoms. The minimum atomic E-state index is -2.35. The van der Waals surface area contributed by atoms with Crippen LogP contribution in [0.25, 0.3) is 0 Å². The molecule has 96 valence electrons. The van der Waals surface area contributed by atoms with Crippen molar-refractivity contribution >= 4 is 0 Å². The lowest BCUT2D eigenvalue weighted by molar-refractivity contribution is 0.141. The maximum absolute atomic E-state index is 12.2. The van der Waals surface area contributed by atoms with E-state index in [1.807, 2.05) is 20.8 Å². The standard InChI is InChI=1S/C13H20F2N2/c1-8-4-9(2)13(10(3)5-8)11(6-16)17-7-12(14)15/h4-5,11-12,17H,6-7,16H2,1-3H3. The minimum absolute atomic E-state index is 0.204. The maximum atomic E-state index is 12.2. The summed E-state index contributed by atoms with van der Waals surface area (Å²) in [5, 5.41) is 2.81. The van der Waals surface area contributed by atoms with Gasteiger partial charge in [0.2, 0.25) is 0 Å². The van der Waals surface area contributed by atoms with Crippen molar-refractivity contribution in [3.8, 4) is 0 Å². The van der Waals surface area contributed by atoms with E-state index in [9.17, 15) is 8.78 Å². The summed E-state index contributed by atoms with van der Waals surface area (Å²) in [6, 6.07) is 3.90. The largest absolute Gasteiger partial charge is 0.329 e. The molecule has 0 aliphatic heterocycles. The summed E-state index contributed by atoms with van der Waals surface area (Å²) in [5.41, 5.74) is 10.1. The second kappa shape index (κ2) is 6.07. The Labute approximate surface area is 101 Å². The van der Waals surface area contributed by atoms with Crippen molar-refractivity contribution in [3.63, 3.8) is 0 Å². The van der Waals surface area contributed by atoms with Crippen molar-refractivity contribution in [2.75, 3.05) is 13.1 Å². The molecule has 1 atom stereocenters. The van der Waals surface area contributed by atoms with Gasteiger partial charge in [0.1, 0.15) is 0 Å². The summed E-state index contributed by atoms with van der Waals surface area (Å²) in [6.07, 6.45) is -2.35. The van der Waals surface area contributed by atoms with Gasteiger partial charge in [0.15, 0.2) is 0 Å². The van der Waals surface area contributed by atoms with Crippen LogP contribution in [0.1, 0.15) is 28.3 Å². The van der Waals surface area contributed by atoms with E-state index in [0.717, 1.165) is 16.7 Å². The smallest absolute Gasteiger partial charge is 0.250 e. The van der Waals surface area contributed by atoms with Gasteiger partial charge in [-0.15, -0.1) is 0 Å². The Hall–Kier alpha value is -1.00. The number of nitrogens with two attached hydrogens (primary N) is 1. The Morgan fingerprint density at radius 3 is 2.12 bits per heavy atom. The van der Waals surface area contributed by atoms with E-state index in [4.69, 9.17) is 5.73 Å². The van der Waals surface area contributed by atoms with Crippen molar-refractivity contribution in [2.24, 2.45) is 5.73 Å². The molecule has 1 rings (SSSR count). The molecule has 0 aromatic heterocycles. The van der Waals surface area contributed by atoms with Crippen LogP contribution in [-0.2, 0) is 0 Å². The number of alkyl halides is 2. The average Bonchev–Trinajstić information content (AvgIpc) is 2.21. The Kier molecular flexibility index (Phi) is 5.02. The van der Waals surface area contributed by atoms with Crippen molar-refractivity contribution < 1.29 is 8.78 Å². The fraction of sp³-hybridized carbons (Fsp3) is 0.538. The second-order valence-corrected chi connectivity index (χ2v) is 4.40. The van der Waals surface area contributed by atoms with Gasteiger partial charge in [-0.3, -0.25) is 0 Å². The van der Waals surface area contributed by atoms with Crippen molar-refractivity contribution in [2.45, 2.75) is 33.2 Å². The summed E-state index contributed by atoms with van der Waals surface area (Å²) < 4.78 is 24.4. The van der Waals surface area contributed by atoms with E-state index in [1.165, 1.54) is 5.56 Å². The molecule has 0 radical (unpaired) electrons. The fourth-order valence-electron chi connectivity index (χ4n) is 2.28. The first kappa shape index (κ1) is 14.1. The highest BCUT2D eigenvalue weighted by Gasteiger charge is 2.16. The molecule has 0 fully saturated rings. The van der Waals surface area contributed by atoms with Crippen molar-refractivity contribution in [1.29, 1.82) is 0 Å². The normalized spacial score (nSPS) is 13.1. The summed E-state index contributed by atoms with van der Waals surface area (Å²) in [5.74, 6) is 0. The lowest BCUT2D eigenvalue weighted by Gasteiger charge is -2.22. The lowest BCUT2D eigenvalue weighted by atomic mass is 9.94. The zero-order valence-electron chi connectivity index (χ0n) is 10.6. The molecule has 0 spiro atoms. The first-order valence-electron chi connectivity index (χ1n) is 5.75. The van der Waals surface area contributed by atoms with Gasteiger partial charge in [-0.1, -0.05) is 17.7 Å². The Balaban J connectivity index is 2.95. The monoisotopic (exact) mass is 242 g/mol. The lowest BCUT2D eigenvalue weighted by Crippen LogP contribution is -2.32. The molecule has 3 N–H and O–H groups in total. The van der Waals surface area contributed by atoms with Crippen LogP contribution in [-0.4, -0.2) is 19.5 Å². The number of hydrogen-bond donors (Lipinski definition) is 2. The zero-order valence-corrected chi connectivity index (χ0v) is 10.6. The van der Waals surface area contributed by atoms with Crippen LogP contribution in [0.4, 0.5) is 8.78 Å². The molecule has 0 bridgehead atoms. The highest BCUT2D eigenvalue weighted by Crippen LogP contribution is 2.23. The van der Waals surface area contributed by atoms with Crippen LogP contribution >= 0.6 is 0 Å². The molecular weight excluding hydrogens is 222 g/mol. The topological polar surface area (TPSA) is 38.0 Å². The third-order valence-corrected chi connectivity index (χ3v) is 2.84. The van der Waals surface area contributed by atoms with E-state index in [2.05, 4.69) is 17.4 Å². The third-order valence-electron chi connectivity index (χ3n) is 2.84. The molecule has 1 aromatic rings. The Bertz CT molecular complexity index is 355. The van der Waals surface area contributed by atoms with Gasteiger partial charge in [-0.05, 0) is 37.5 Å². The molecule has 0 heterocycles. The van der Waals surface area contributed by atoms with Crippen LogP contribution in [0.2, 0.25) is 0 Å². The van der Waals surface area contributed by atoms with Gasteiger partial charge in [0, 0.05) is 12.6 Å². The Morgan fingerprint density at radius 2 is 1.71 bits per heavy atom. The molecule has 1 aromatic carbocycles. The quantitative estimate of drug-likeness (QED) is 0.832. The molecule has 1 unspecified atom stereocenters. The van der Waals surface area contributed by atoms with Gasteiger partial charge in [0.25, 0.3) is 6.43 Å². The van der Waals surface area contributed by atoms with Crippen LogP contribution in [0.5, 0.6) is 0 Å². The summed E-state index contributed by atoms with van der Waals surface area (Å²) in [7, 11) is 0. The molecule has 0 saturated heterocycles. The van der Waals surface area contributed by atoms with E-state index in [1.54, 1.807) is 0 Å².